The van der Waals surface area contributed by atoms with Gasteiger partial charge in [0, 0.05) is 5.92 Å². The number of carboxylic acids is 1. The molecule has 2 atom stereocenters. The van der Waals surface area contributed by atoms with Crippen LogP contribution in [0.3, 0.4) is 0 Å². The number of carbonyl (C=O) groups is 3. The van der Waals surface area contributed by atoms with E-state index in [-0.39, 0.29) is 19.1 Å². The SMILES string of the molecule is C[C@@H](NC(=O)OCC1c2ccccc2-c2ccccc21)C(=O)N1CC(C(=O)O)Oc2ccccc21. The van der Waals surface area contributed by atoms with Crippen LogP contribution in [0.5, 0.6) is 5.75 Å². The van der Waals surface area contributed by atoms with Crippen molar-refractivity contribution in [2.24, 2.45) is 0 Å². The van der Waals surface area contributed by atoms with Crippen LogP contribution in [0.2, 0.25) is 0 Å². The van der Waals surface area contributed by atoms with E-state index in [2.05, 4.69) is 17.4 Å². The molecule has 2 amide bonds. The van der Waals surface area contributed by atoms with Gasteiger partial charge in [-0.3, -0.25) is 4.79 Å². The number of rotatable bonds is 5. The van der Waals surface area contributed by atoms with Crippen LogP contribution in [0, 0.1) is 0 Å². The van der Waals surface area contributed by atoms with E-state index in [1.807, 2.05) is 36.4 Å². The van der Waals surface area contributed by atoms with Gasteiger partial charge in [-0.2, -0.15) is 0 Å². The summed E-state index contributed by atoms with van der Waals surface area (Å²) in [7, 11) is 0. The van der Waals surface area contributed by atoms with Gasteiger partial charge >= 0.3 is 12.1 Å². The van der Waals surface area contributed by atoms with Crippen LogP contribution >= 0.6 is 0 Å². The Morgan fingerprint density at radius 3 is 2.26 bits per heavy atom. The number of nitrogens with one attached hydrogen (secondary N) is 1. The van der Waals surface area contributed by atoms with Crippen molar-refractivity contribution < 1.29 is 29.0 Å². The molecule has 0 spiro atoms. The van der Waals surface area contributed by atoms with E-state index in [0.717, 1.165) is 22.3 Å². The molecule has 1 unspecified atom stereocenters. The number of carbonyl (C=O) groups excluding carboxylic acids is 2. The van der Waals surface area contributed by atoms with Gasteiger partial charge in [-0.1, -0.05) is 60.7 Å². The number of ether oxygens (including phenoxy) is 2. The molecule has 0 saturated heterocycles. The fourth-order valence-electron chi connectivity index (χ4n) is 4.68. The van der Waals surface area contributed by atoms with E-state index in [0.29, 0.717) is 11.4 Å². The van der Waals surface area contributed by atoms with E-state index < -0.39 is 30.1 Å². The third kappa shape index (κ3) is 4.19. The van der Waals surface area contributed by atoms with Crippen LogP contribution in [0.15, 0.2) is 72.8 Å². The van der Waals surface area contributed by atoms with Crippen molar-refractivity contribution in [3.05, 3.63) is 83.9 Å². The Labute approximate surface area is 202 Å². The highest BCUT2D eigenvalue weighted by atomic mass is 16.5. The van der Waals surface area contributed by atoms with Crippen molar-refractivity contribution in [1.82, 2.24) is 5.32 Å². The van der Waals surface area contributed by atoms with Gasteiger partial charge in [0.15, 0.2) is 0 Å². The molecular formula is C27H24N2O6. The number of nitrogens with zero attached hydrogens (tertiary/aromatic N) is 1. The summed E-state index contributed by atoms with van der Waals surface area (Å²) in [6.07, 6.45) is -1.92. The van der Waals surface area contributed by atoms with E-state index in [4.69, 9.17) is 9.47 Å². The van der Waals surface area contributed by atoms with Gasteiger partial charge in [-0.25, -0.2) is 9.59 Å². The molecule has 8 nitrogen and oxygen atoms in total. The lowest BCUT2D eigenvalue weighted by Gasteiger charge is -2.34. The highest BCUT2D eigenvalue weighted by Crippen LogP contribution is 2.44. The summed E-state index contributed by atoms with van der Waals surface area (Å²) in [6, 6.07) is 21.8. The summed E-state index contributed by atoms with van der Waals surface area (Å²) >= 11 is 0. The van der Waals surface area contributed by atoms with Crippen LogP contribution < -0.4 is 15.0 Å². The Hall–Kier alpha value is -4.33. The van der Waals surface area contributed by atoms with E-state index in [1.165, 1.54) is 11.8 Å². The second-order valence-corrected chi connectivity index (χ2v) is 8.55. The third-order valence-electron chi connectivity index (χ3n) is 6.36. The molecule has 2 N–H and O–H groups in total. The first-order valence-electron chi connectivity index (χ1n) is 11.4. The van der Waals surface area contributed by atoms with Crippen LogP contribution in [0.25, 0.3) is 11.1 Å². The van der Waals surface area contributed by atoms with Gasteiger partial charge in [0.05, 0.1) is 12.2 Å². The van der Waals surface area contributed by atoms with Crippen molar-refractivity contribution in [1.29, 1.82) is 0 Å². The molecule has 5 rings (SSSR count). The molecule has 1 aliphatic carbocycles. The summed E-state index contributed by atoms with van der Waals surface area (Å²) in [4.78, 5) is 38.6. The molecule has 2 aliphatic rings. The van der Waals surface area contributed by atoms with Crippen molar-refractivity contribution in [3.8, 4) is 16.9 Å². The van der Waals surface area contributed by atoms with Gasteiger partial charge in [0.2, 0.25) is 12.0 Å². The maximum Gasteiger partial charge on any atom is 0.407 e. The topological polar surface area (TPSA) is 105 Å². The fourth-order valence-corrected chi connectivity index (χ4v) is 4.68. The van der Waals surface area contributed by atoms with E-state index in [1.54, 1.807) is 24.3 Å². The molecule has 3 aromatic carbocycles. The molecule has 0 aromatic heterocycles. The van der Waals surface area contributed by atoms with E-state index >= 15 is 0 Å². The summed E-state index contributed by atoms with van der Waals surface area (Å²) in [5, 5.41) is 12.0. The molecule has 0 bridgehead atoms. The van der Waals surface area contributed by atoms with Gasteiger partial charge in [-0.15, -0.1) is 0 Å². The number of para-hydroxylation sites is 2. The number of amides is 2. The van der Waals surface area contributed by atoms with Crippen molar-refractivity contribution >= 4 is 23.7 Å². The maximum atomic E-state index is 13.2. The quantitative estimate of drug-likeness (QED) is 0.585. The Balaban J connectivity index is 1.26. The number of fused-ring (bicyclic) bond motifs is 4. The Bertz CT molecular complexity index is 1260. The summed E-state index contributed by atoms with van der Waals surface area (Å²) in [5.41, 5.74) is 4.89. The standard InChI is InChI=1S/C27H24N2O6/c1-16(25(30)29-14-24(26(31)32)35-23-13-7-6-12-22(23)29)28-27(33)34-15-21-19-10-4-2-8-17(19)18-9-3-5-11-20(18)21/h2-13,16,21,24H,14-15H2,1H3,(H,28,33)(H,31,32)/t16-,24?/m1/s1. The summed E-state index contributed by atoms with van der Waals surface area (Å²) in [6.45, 7) is 1.50. The first kappa shape index (κ1) is 22.5. The maximum absolute atomic E-state index is 13.2. The molecular weight excluding hydrogens is 448 g/mol. The molecule has 1 aliphatic heterocycles. The molecule has 35 heavy (non-hydrogen) atoms. The largest absolute Gasteiger partial charge is 0.478 e. The summed E-state index contributed by atoms with van der Waals surface area (Å²) in [5.74, 6) is -1.43. The van der Waals surface area contributed by atoms with Crippen molar-refractivity contribution in [2.45, 2.75) is 25.0 Å². The van der Waals surface area contributed by atoms with Crippen LogP contribution in [0.4, 0.5) is 10.5 Å². The number of aliphatic carboxylic acids is 1. The molecule has 0 radical (unpaired) electrons. The molecule has 8 heteroatoms. The Morgan fingerprint density at radius 1 is 1.00 bits per heavy atom. The third-order valence-corrected chi connectivity index (χ3v) is 6.36. The van der Waals surface area contributed by atoms with Crippen molar-refractivity contribution in [2.75, 3.05) is 18.1 Å². The van der Waals surface area contributed by atoms with Crippen LogP contribution in [-0.4, -0.2) is 48.4 Å². The van der Waals surface area contributed by atoms with Gasteiger partial charge in [-0.05, 0) is 41.3 Å². The molecule has 3 aromatic rings. The van der Waals surface area contributed by atoms with Crippen LogP contribution in [-0.2, 0) is 14.3 Å². The highest BCUT2D eigenvalue weighted by molar-refractivity contribution is 6.00. The average Bonchev–Trinajstić information content (AvgIpc) is 3.20. The predicted octanol–water partition coefficient (Wildman–Crippen LogP) is 3.79. The lowest BCUT2D eigenvalue weighted by molar-refractivity contribution is -0.145. The smallest absolute Gasteiger partial charge is 0.407 e. The highest BCUT2D eigenvalue weighted by Gasteiger charge is 2.36. The number of hydrogen-bond acceptors (Lipinski definition) is 5. The zero-order chi connectivity index (χ0) is 24.5. The normalized spacial score (nSPS) is 16.8. The lowest BCUT2D eigenvalue weighted by Crippen LogP contribution is -2.53. The van der Waals surface area contributed by atoms with E-state index in [9.17, 15) is 19.5 Å². The Morgan fingerprint density at radius 2 is 1.60 bits per heavy atom. The fraction of sp³-hybridized carbons (Fsp3) is 0.222. The average molecular weight is 472 g/mol. The predicted molar refractivity (Wildman–Crippen MR) is 129 cm³/mol. The minimum Gasteiger partial charge on any atom is -0.478 e. The molecule has 0 saturated carbocycles. The second kappa shape index (κ2) is 9.13. The monoisotopic (exact) mass is 472 g/mol. The molecule has 178 valence electrons. The summed E-state index contributed by atoms with van der Waals surface area (Å²) < 4.78 is 11.0. The number of alkyl carbamates (subject to hydrolysis) is 1. The number of hydrogen-bond donors (Lipinski definition) is 2. The molecule has 0 fully saturated rings. The van der Waals surface area contributed by atoms with Crippen molar-refractivity contribution in [3.63, 3.8) is 0 Å². The molecule has 1 heterocycles. The first-order chi connectivity index (χ1) is 16.9. The van der Waals surface area contributed by atoms with Gasteiger partial charge in [0.1, 0.15) is 18.4 Å². The van der Waals surface area contributed by atoms with Crippen LogP contribution in [0.1, 0.15) is 24.0 Å². The first-order valence-corrected chi connectivity index (χ1v) is 11.4. The van der Waals surface area contributed by atoms with Gasteiger partial charge < -0.3 is 24.8 Å². The zero-order valence-corrected chi connectivity index (χ0v) is 19.0. The minimum atomic E-state index is -1.20. The number of benzene rings is 3. The number of anilines is 1. The second-order valence-electron chi connectivity index (χ2n) is 8.55. The lowest BCUT2D eigenvalue weighted by atomic mass is 9.98. The van der Waals surface area contributed by atoms with Gasteiger partial charge in [0.25, 0.3) is 0 Å². The zero-order valence-electron chi connectivity index (χ0n) is 19.0. The number of carboxylic acid groups (broad SMARTS) is 1. The Kier molecular flexibility index (Phi) is 5.86. The minimum absolute atomic E-state index is 0.0957.